The second-order valence-corrected chi connectivity index (χ2v) is 5.91. The number of rotatable bonds is 7. The molecule has 0 spiro atoms. The van der Waals surface area contributed by atoms with Gasteiger partial charge in [0, 0.05) is 25.7 Å². The number of nitrogens with one attached hydrogen (secondary N) is 2. The minimum Gasteiger partial charge on any atom is -0.320 e. The molecule has 0 bridgehead atoms. The van der Waals surface area contributed by atoms with E-state index in [-0.39, 0.29) is 6.54 Å². The van der Waals surface area contributed by atoms with E-state index in [9.17, 15) is 21.6 Å². The van der Waals surface area contributed by atoms with Gasteiger partial charge in [0.1, 0.15) is 11.5 Å². The molecule has 1 rings (SSSR count). The normalized spacial score (nSPS) is 11.9. The van der Waals surface area contributed by atoms with Gasteiger partial charge in [-0.25, -0.2) is 13.2 Å². The lowest BCUT2D eigenvalue weighted by Crippen LogP contribution is -2.34. The van der Waals surface area contributed by atoms with Crippen molar-refractivity contribution in [3.63, 3.8) is 0 Å². The second kappa shape index (κ2) is 6.91. The molecular formula is C11H16F3N3O2S. The van der Waals surface area contributed by atoms with Crippen LogP contribution in [0.5, 0.6) is 0 Å². The summed E-state index contributed by atoms with van der Waals surface area (Å²) in [6.45, 7) is 0.764. The number of hydrogen-bond acceptors (Lipinski definition) is 3. The van der Waals surface area contributed by atoms with Crippen molar-refractivity contribution < 1.29 is 21.6 Å². The molecule has 0 unspecified atom stereocenters. The van der Waals surface area contributed by atoms with Gasteiger partial charge in [-0.2, -0.15) is 12.7 Å². The molecule has 2 N–H and O–H groups in total. The Balaban J connectivity index is 2.86. The third-order valence-corrected chi connectivity index (χ3v) is 4.01. The Bertz CT molecular complexity index is 543. The smallest absolute Gasteiger partial charge is 0.301 e. The average Bonchev–Trinajstić information content (AvgIpc) is 2.34. The number of halogens is 3. The summed E-state index contributed by atoms with van der Waals surface area (Å²) >= 11 is 0. The topological polar surface area (TPSA) is 61.4 Å². The fraction of sp³-hybridized carbons (Fsp3) is 0.455. The first-order valence-corrected chi connectivity index (χ1v) is 7.25. The van der Waals surface area contributed by atoms with Crippen LogP contribution in [-0.2, 0) is 10.2 Å². The first-order chi connectivity index (χ1) is 9.27. The van der Waals surface area contributed by atoms with Gasteiger partial charge in [0.25, 0.3) is 0 Å². The molecule has 0 fully saturated rings. The van der Waals surface area contributed by atoms with Gasteiger partial charge >= 0.3 is 10.2 Å². The maximum Gasteiger partial charge on any atom is 0.301 e. The monoisotopic (exact) mass is 311 g/mol. The lowest BCUT2D eigenvalue weighted by Gasteiger charge is -2.18. The highest BCUT2D eigenvalue weighted by Crippen LogP contribution is 2.21. The van der Waals surface area contributed by atoms with Gasteiger partial charge in [-0.05, 0) is 20.0 Å². The molecule has 114 valence electrons. The summed E-state index contributed by atoms with van der Waals surface area (Å²) in [5.74, 6) is -3.74. The molecule has 5 nitrogen and oxygen atoms in total. The van der Waals surface area contributed by atoms with Crippen LogP contribution in [0.15, 0.2) is 12.1 Å². The Kier molecular flexibility index (Phi) is 5.78. The van der Waals surface area contributed by atoms with Crippen molar-refractivity contribution in [3.8, 4) is 0 Å². The molecule has 0 atom stereocenters. The summed E-state index contributed by atoms with van der Waals surface area (Å²) in [5, 5.41) is 2.85. The Morgan fingerprint density at radius 3 is 2.25 bits per heavy atom. The maximum absolute atomic E-state index is 13.4. The van der Waals surface area contributed by atoms with Crippen LogP contribution in [0.4, 0.5) is 18.9 Å². The van der Waals surface area contributed by atoms with E-state index in [1.54, 1.807) is 11.8 Å². The molecule has 0 saturated heterocycles. The number of nitrogens with zero attached hydrogens (tertiary/aromatic N) is 1. The maximum atomic E-state index is 13.4. The highest BCUT2D eigenvalue weighted by atomic mass is 32.2. The van der Waals surface area contributed by atoms with Crippen LogP contribution in [0.2, 0.25) is 0 Å². The Hall–Kier alpha value is -1.32. The zero-order chi connectivity index (χ0) is 15.3. The first-order valence-electron chi connectivity index (χ1n) is 5.81. The molecule has 0 aliphatic carbocycles. The number of benzene rings is 1. The largest absolute Gasteiger partial charge is 0.320 e. The second-order valence-electron chi connectivity index (χ2n) is 4.13. The van der Waals surface area contributed by atoms with E-state index < -0.39 is 33.3 Å². The molecule has 0 radical (unpaired) electrons. The van der Waals surface area contributed by atoms with Crippen molar-refractivity contribution in [2.45, 2.75) is 6.42 Å². The number of anilines is 1. The zero-order valence-corrected chi connectivity index (χ0v) is 11.9. The minimum atomic E-state index is -4.10. The SMILES string of the molecule is CNCCCN(C)S(=O)(=O)Nc1c(F)cc(F)cc1F. The summed E-state index contributed by atoms with van der Waals surface area (Å²) in [4.78, 5) is 0. The van der Waals surface area contributed by atoms with Crippen LogP contribution < -0.4 is 10.0 Å². The molecule has 1 aromatic rings. The van der Waals surface area contributed by atoms with Crippen molar-refractivity contribution in [2.24, 2.45) is 0 Å². The highest BCUT2D eigenvalue weighted by Gasteiger charge is 2.21. The van der Waals surface area contributed by atoms with Gasteiger partial charge < -0.3 is 5.32 Å². The Labute approximate surface area is 116 Å². The molecule has 20 heavy (non-hydrogen) atoms. The van der Waals surface area contributed by atoms with Gasteiger partial charge in [-0.1, -0.05) is 0 Å². The molecule has 0 aliphatic rings. The lowest BCUT2D eigenvalue weighted by atomic mass is 10.3. The van der Waals surface area contributed by atoms with Crippen LogP contribution in [0.3, 0.4) is 0 Å². The van der Waals surface area contributed by atoms with Crippen LogP contribution in [0.25, 0.3) is 0 Å². The van der Waals surface area contributed by atoms with E-state index in [0.717, 1.165) is 4.31 Å². The molecule has 0 amide bonds. The molecule has 0 saturated carbocycles. The van der Waals surface area contributed by atoms with Crippen molar-refractivity contribution >= 4 is 15.9 Å². The van der Waals surface area contributed by atoms with E-state index >= 15 is 0 Å². The first kappa shape index (κ1) is 16.7. The van der Waals surface area contributed by atoms with E-state index in [1.165, 1.54) is 7.05 Å². The van der Waals surface area contributed by atoms with Gasteiger partial charge in [0.05, 0.1) is 0 Å². The molecule has 9 heteroatoms. The van der Waals surface area contributed by atoms with Crippen molar-refractivity contribution in [1.82, 2.24) is 9.62 Å². The molecular weight excluding hydrogens is 295 g/mol. The van der Waals surface area contributed by atoms with E-state index in [1.807, 2.05) is 0 Å². The van der Waals surface area contributed by atoms with E-state index in [4.69, 9.17) is 0 Å². The fourth-order valence-electron chi connectivity index (χ4n) is 1.45. The third kappa shape index (κ3) is 4.36. The summed E-state index contributed by atoms with van der Waals surface area (Å²) in [6, 6.07) is 0.809. The third-order valence-electron chi connectivity index (χ3n) is 2.55. The highest BCUT2D eigenvalue weighted by molar-refractivity contribution is 7.90. The van der Waals surface area contributed by atoms with Crippen LogP contribution in [0, 0.1) is 17.5 Å². The van der Waals surface area contributed by atoms with Crippen molar-refractivity contribution in [2.75, 3.05) is 31.9 Å². The Morgan fingerprint density at radius 2 is 1.75 bits per heavy atom. The quantitative estimate of drug-likeness (QED) is 0.746. The standard InChI is InChI=1S/C11H16F3N3O2S/c1-15-4-3-5-17(2)20(18,19)16-11-9(13)6-8(12)7-10(11)14/h6-7,15-16H,3-5H2,1-2H3. The lowest BCUT2D eigenvalue weighted by molar-refractivity contribution is 0.461. The van der Waals surface area contributed by atoms with Gasteiger partial charge in [-0.15, -0.1) is 0 Å². The molecule has 0 aromatic heterocycles. The van der Waals surface area contributed by atoms with Crippen molar-refractivity contribution in [3.05, 3.63) is 29.6 Å². The molecule has 0 aliphatic heterocycles. The summed E-state index contributed by atoms with van der Waals surface area (Å²) in [7, 11) is -1.11. The predicted octanol–water partition coefficient (Wildman–Crippen LogP) is 1.30. The number of hydrogen-bond donors (Lipinski definition) is 2. The minimum absolute atomic E-state index is 0.167. The van der Waals surface area contributed by atoms with Gasteiger partial charge in [0.2, 0.25) is 0 Å². The van der Waals surface area contributed by atoms with Gasteiger partial charge in [0.15, 0.2) is 11.6 Å². The predicted molar refractivity (Wildman–Crippen MR) is 70.0 cm³/mol. The van der Waals surface area contributed by atoms with Crippen LogP contribution >= 0.6 is 0 Å². The fourth-order valence-corrected chi connectivity index (χ4v) is 2.42. The van der Waals surface area contributed by atoms with E-state index in [2.05, 4.69) is 5.32 Å². The van der Waals surface area contributed by atoms with Crippen molar-refractivity contribution in [1.29, 1.82) is 0 Å². The average molecular weight is 311 g/mol. The summed E-state index contributed by atoms with van der Waals surface area (Å²) in [6.07, 6.45) is 0.530. The zero-order valence-electron chi connectivity index (χ0n) is 11.1. The van der Waals surface area contributed by atoms with Gasteiger partial charge in [-0.3, -0.25) is 4.72 Å². The van der Waals surface area contributed by atoms with Crippen LogP contribution in [-0.4, -0.2) is 39.9 Å². The van der Waals surface area contributed by atoms with E-state index in [0.29, 0.717) is 25.1 Å². The summed E-state index contributed by atoms with van der Waals surface area (Å²) < 4.78 is 65.9. The summed E-state index contributed by atoms with van der Waals surface area (Å²) in [5.41, 5.74) is -0.896. The van der Waals surface area contributed by atoms with Crippen LogP contribution in [0.1, 0.15) is 6.42 Å². The molecule has 1 aromatic carbocycles. The Morgan fingerprint density at radius 1 is 1.20 bits per heavy atom. The molecule has 0 heterocycles.